The van der Waals surface area contributed by atoms with Gasteiger partial charge in [-0.3, -0.25) is 0 Å². The van der Waals surface area contributed by atoms with Crippen LogP contribution in [0.5, 0.6) is 5.75 Å². The van der Waals surface area contributed by atoms with Gasteiger partial charge >= 0.3 is 7.12 Å². The van der Waals surface area contributed by atoms with Crippen LogP contribution in [0, 0.1) is 0 Å². The monoisotopic (exact) mass is 258 g/mol. The number of ether oxygens (including phenoxy) is 2. The molecule has 6 heteroatoms. The first kappa shape index (κ1) is 14.5. The second-order valence-electron chi connectivity index (χ2n) is 3.82. The van der Waals surface area contributed by atoms with E-state index in [1.807, 2.05) is 0 Å². The zero-order valence-corrected chi connectivity index (χ0v) is 11.3. The Morgan fingerprint density at radius 3 is 2.59 bits per heavy atom. The number of methoxy groups -OCH3 is 2. The summed E-state index contributed by atoms with van der Waals surface area (Å²) in [6, 6.07) is 1.66. The second-order valence-corrected chi connectivity index (χ2v) is 4.94. The minimum Gasteiger partial charge on any atom is -0.496 e. The molecule has 1 aromatic heterocycles. The van der Waals surface area contributed by atoms with Gasteiger partial charge in [0.25, 0.3) is 0 Å². The molecule has 17 heavy (non-hydrogen) atoms. The van der Waals surface area contributed by atoms with Crippen LogP contribution in [0.2, 0.25) is 0 Å². The lowest BCUT2D eigenvalue weighted by Gasteiger charge is -2.14. The first-order valence-electron chi connectivity index (χ1n) is 5.70. The number of hydrogen-bond donors (Lipinski definition) is 2. The van der Waals surface area contributed by atoms with E-state index in [2.05, 4.69) is 6.92 Å². The predicted molar refractivity (Wildman–Crippen MR) is 70.0 cm³/mol. The SMILES string of the molecule is CCCCC(OC)c1sc(B(O)O)cc1OC. The highest BCUT2D eigenvalue weighted by atomic mass is 32.1. The number of unbranched alkanes of at least 4 members (excludes halogenated alkanes) is 1. The predicted octanol–water partition coefficient (Wildman–Crippen LogP) is 1.31. The van der Waals surface area contributed by atoms with E-state index in [0.717, 1.165) is 24.1 Å². The highest BCUT2D eigenvalue weighted by Gasteiger charge is 2.23. The lowest BCUT2D eigenvalue weighted by atomic mass is 9.89. The van der Waals surface area contributed by atoms with Gasteiger partial charge in [0.1, 0.15) is 5.75 Å². The van der Waals surface area contributed by atoms with Gasteiger partial charge in [-0.05, 0) is 12.5 Å². The molecule has 4 nitrogen and oxygen atoms in total. The lowest BCUT2D eigenvalue weighted by Crippen LogP contribution is -2.26. The summed E-state index contributed by atoms with van der Waals surface area (Å²) in [7, 11) is 1.78. The molecule has 0 aliphatic carbocycles. The molecule has 0 aliphatic heterocycles. The van der Waals surface area contributed by atoms with Gasteiger partial charge in [0.2, 0.25) is 0 Å². The Kier molecular flexibility index (Phi) is 5.98. The molecule has 0 saturated carbocycles. The van der Waals surface area contributed by atoms with E-state index in [1.165, 1.54) is 11.3 Å². The van der Waals surface area contributed by atoms with E-state index >= 15 is 0 Å². The van der Waals surface area contributed by atoms with E-state index in [9.17, 15) is 0 Å². The van der Waals surface area contributed by atoms with Crippen molar-refractivity contribution in [2.75, 3.05) is 14.2 Å². The third kappa shape index (κ3) is 3.71. The molecule has 0 bridgehead atoms. The summed E-state index contributed by atoms with van der Waals surface area (Å²) in [6.45, 7) is 2.13. The summed E-state index contributed by atoms with van der Waals surface area (Å²) >= 11 is 1.33. The van der Waals surface area contributed by atoms with Crippen molar-refractivity contribution >= 4 is 23.2 Å². The van der Waals surface area contributed by atoms with Gasteiger partial charge in [0.05, 0.1) is 18.1 Å². The maximum absolute atomic E-state index is 9.16. The molecule has 1 atom stereocenters. The molecule has 0 aliphatic rings. The van der Waals surface area contributed by atoms with Gasteiger partial charge in [-0.2, -0.15) is 0 Å². The Labute approximate surface area is 106 Å². The van der Waals surface area contributed by atoms with E-state index < -0.39 is 7.12 Å². The van der Waals surface area contributed by atoms with Gasteiger partial charge in [-0.15, -0.1) is 11.3 Å². The zero-order chi connectivity index (χ0) is 12.8. The fourth-order valence-electron chi connectivity index (χ4n) is 1.66. The minimum absolute atomic E-state index is 0.0394. The summed E-state index contributed by atoms with van der Waals surface area (Å²) in [5.41, 5.74) is 0. The first-order chi connectivity index (χ1) is 8.13. The Morgan fingerprint density at radius 1 is 1.41 bits per heavy atom. The van der Waals surface area contributed by atoms with Crippen LogP contribution in [0.15, 0.2) is 6.07 Å². The van der Waals surface area contributed by atoms with Crippen LogP contribution < -0.4 is 9.51 Å². The van der Waals surface area contributed by atoms with Crippen molar-refractivity contribution in [3.8, 4) is 5.75 Å². The van der Waals surface area contributed by atoms with Crippen LogP contribution in [0.25, 0.3) is 0 Å². The summed E-state index contributed by atoms with van der Waals surface area (Å²) in [4.78, 5) is 0.923. The Hall–Kier alpha value is -0.555. The smallest absolute Gasteiger partial charge is 0.496 e. The molecule has 0 spiro atoms. The molecule has 0 aromatic carbocycles. The molecule has 0 saturated heterocycles. The van der Waals surface area contributed by atoms with Crippen LogP contribution in [0.4, 0.5) is 0 Å². The Morgan fingerprint density at radius 2 is 2.12 bits per heavy atom. The summed E-state index contributed by atoms with van der Waals surface area (Å²) in [6.07, 6.45) is 3.03. The Bertz CT molecular complexity index is 340. The Balaban J connectivity index is 2.92. The van der Waals surface area contributed by atoms with Crippen molar-refractivity contribution in [1.29, 1.82) is 0 Å². The summed E-state index contributed by atoms with van der Waals surface area (Å²) in [5, 5.41) is 18.3. The van der Waals surface area contributed by atoms with Crippen LogP contribution in [-0.2, 0) is 4.74 Å². The molecule has 1 unspecified atom stereocenters. The van der Waals surface area contributed by atoms with Crippen molar-refractivity contribution in [2.45, 2.75) is 32.3 Å². The van der Waals surface area contributed by atoms with Crippen LogP contribution in [0.3, 0.4) is 0 Å². The molecule has 0 amide bonds. The van der Waals surface area contributed by atoms with Gasteiger partial charge < -0.3 is 19.5 Å². The number of thiophene rings is 1. The second kappa shape index (κ2) is 7.01. The molecule has 0 fully saturated rings. The fraction of sp³-hybridized carbons (Fsp3) is 0.636. The molecular weight excluding hydrogens is 239 g/mol. The van der Waals surface area contributed by atoms with E-state index in [4.69, 9.17) is 19.5 Å². The number of rotatable bonds is 7. The van der Waals surface area contributed by atoms with Crippen LogP contribution in [0.1, 0.15) is 37.2 Å². The minimum atomic E-state index is -1.45. The highest BCUT2D eigenvalue weighted by Crippen LogP contribution is 2.34. The molecule has 96 valence electrons. The van der Waals surface area contributed by atoms with Gasteiger partial charge in [-0.1, -0.05) is 19.8 Å². The summed E-state index contributed by atoms with van der Waals surface area (Å²) in [5.74, 6) is 0.668. The van der Waals surface area contributed by atoms with E-state index in [1.54, 1.807) is 20.3 Å². The topological polar surface area (TPSA) is 58.9 Å². The zero-order valence-electron chi connectivity index (χ0n) is 10.5. The molecule has 1 aromatic rings. The number of hydrogen-bond acceptors (Lipinski definition) is 5. The maximum atomic E-state index is 9.16. The molecule has 0 radical (unpaired) electrons. The molecule has 1 rings (SSSR count). The third-order valence-electron chi connectivity index (χ3n) is 2.62. The lowest BCUT2D eigenvalue weighted by molar-refractivity contribution is 0.0944. The van der Waals surface area contributed by atoms with Gasteiger partial charge in [-0.25, -0.2) is 0 Å². The molecule has 1 heterocycles. The van der Waals surface area contributed by atoms with Crippen molar-refractivity contribution in [1.82, 2.24) is 0 Å². The fourth-order valence-corrected chi connectivity index (χ4v) is 2.78. The quantitative estimate of drug-likeness (QED) is 0.724. The average Bonchev–Trinajstić information content (AvgIpc) is 2.74. The molecular formula is C11H19BO4S. The maximum Gasteiger partial charge on any atom is 0.499 e. The normalized spacial score (nSPS) is 12.5. The highest BCUT2D eigenvalue weighted by molar-refractivity contribution is 7.22. The van der Waals surface area contributed by atoms with Gasteiger partial charge in [0.15, 0.2) is 0 Å². The third-order valence-corrected chi connectivity index (χ3v) is 3.86. The van der Waals surface area contributed by atoms with Crippen LogP contribution >= 0.6 is 11.3 Å². The first-order valence-corrected chi connectivity index (χ1v) is 6.52. The molecule has 2 N–H and O–H groups in total. The largest absolute Gasteiger partial charge is 0.499 e. The summed E-state index contributed by atoms with van der Waals surface area (Å²) < 4.78 is 11.2. The standard InChI is InChI=1S/C11H19BO4S/c1-4-5-6-8(15-2)11-9(16-3)7-10(17-11)12(13)14/h7-8,13-14H,4-6H2,1-3H3. The van der Waals surface area contributed by atoms with E-state index in [0.29, 0.717) is 10.5 Å². The van der Waals surface area contributed by atoms with Crippen molar-refractivity contribution in [3.63, 3.8) is 0 Å². The van der Waals surface area contributed by atoms with E-state index in [-0.39, 0.29) is 6.10 Å². The van der Waals surface area contributed by atoms with Crippen molar-refractivity contribution in [2.24, 2.45) is 0 Å². The van der Waals surface area contributed by atoms with Crippen LogP contribution in [-0.4, -0.2) is 31.4 Å². The van der Waals surface area contributed by atoms with Crippen molar-refractivity contribution < 1.29 is 19.5 Å². The average molecular weight is 258 g/mol. The van der Waals surface area contributed by atoms with Crippen molar-refractivity contribution in [3.05, 3.63) is 10.9 Å². The van der Waals surface area contributed by atoms with Gasteiger partial charge in [0, 0.05) is 11.9 Å².